The molecule has 0 saturated heterocycles. The van der Waals surface area contributed by atoms with Crippen molar-refractivity contribution in [1.82, 2.24) is 10.1 Å². The summed E-state index contributed by atoms with van der Waals surface area (Å²) in [6.07, 6.45) is 3.37. The Morgan fingerprint density at radius 3 is 2.79 bits per heavy atom. The van der Waals surface area contributed by atoms with E-state index < -0.39 is 0 Å². The molecule has 2 aromatic carbocycles. The van der Waals surface area contributed by atoms with Crippen molar-refractivity contribution in [3.8, 4) is 28.9 Å². The molecule has 0 aliphatic heterocycles. The summed E-state index contributed by atoms with van der Waals surface area (Å²) in [5.74, 6) is 1.07. The number of rotatable bonds is 2. The zero-order valence-corrected chi connectivity index (χ0v) is 13.5. The molecule has 120 valence electrons. The number of nitrogens with zero attached hydrogens (tertiary/aromatic N) is 3. The van der Waals surface area contributed by atoms with E-state index in [-0.39, 0.29) is 0 Å². The van der Waals surface area contributed by atoms with Gasteiger partial charge in [0.2, 0.25) is 5.82 Å². The van der Waals surface area contributed by atoms with Gasteiger partial charge in [-0.25, -0.2) is 0 Å². The van der Waals surface area contributed by atoms with Crippen molar-refractivity contribution >= 4 is 0 Å². The van der Waals surface area contributed by atoms with Crippen molar-refractivity contribution in [2.24, 2.45) is 5.73 Å². The molecule has 0 fully saturated rings. The number of nitriles is 1. The number of benzene rings is 2. The highest BCUT2D eigenvalue weighted by Crippen LogP contribution is 2.32. The van der Waals surface area contributed by atoms with Crippen LogP contribution in [0.3, 0.4) is 0 Å². The van der Waals surface area contributed by atoms with E-state index in [4.69, 9.17) is 9.78 Å². The third-order valence-electron chi connectivity index (χ3n) is 4.05. The van der Waals surface area contributed by atoms with Crippen LogP contribution in [0.15, 0.2) is 47.0 Å². The Morgan fingerprint density at radius 2 is 1.96 bits per heavy atom. The van der Waals surface area contributed by atoms with E-state index in [1.807, 2.05) is 24.3 Å². The van der Waals surface area contributed by atoms with E-state index in [0.717, 1.165) is 24.0 Å². The Morgan fingerprint density at radius 1 is 1.12 bits per heavy atom. The monoisotopic (exact) mass is 318 g/mol. The fraction of sp³-hybridized carbons (Fsp3) is 0.211. The van der Waals surface area contributed by atoms with Gasteiger partial charge in [0.25, 0.3) is 5.89 Å². The fourth-order valence-electron chi connectivity index (χ4n) is 3.00. The summed E-state index contributed by atoms with van der Waals surface area (Å²) in [5.41, 5.74) is 9.63. The molecule has 1 aromatic heterocycles. The van der Waals surface area contributed by atoms with Gasteiger partial charge < -0.3 is 10.3 Å². The molecule has 0 unspecified atom stereocenters. The lowest BCUT2D eigenvalue weighted by atomic mass is 10.0. The third-order valence-corrected chi connectivity index (χ3v) is 4.05. The summed E-state index contributed by atoms with van der Waals surface area (Å²) in [5, 5.41) is 13.1. The topological polar surface area (TPSA) is 88.7 Å². The van der Waals surface area contributed by atoms with Crippen molar-refractivity contribution in [3.63, 3.8) is 0 Å². The SMILES string of the molecule is CN.N#Cc1cccc(-c2nc(-c3cccc4c3CCC4)no2)c1. The smallest absolute Gasteiger partial charge is 0.258 e. The minimum absolute atomic E-state index is 0.447. The molecule has 0 amide bonds. The molecule has 1 heterocycles. The molecule has 24 heavy (non-hydrogen) atoms. The van der Waals surface area contributed by atoms with Gasteiger partial charge >= 0.3 is 0 Å². The van der Waals surface area contributed by atoms with Crippen molar-refractivity contribution in [3.05, 3.63) is 59.2 Å². The molecule has 0 atom stereocenters. The summed E-state index contributed by atoms with van der Waals surface area (Å²) >= 11 is 0. The Bertz CT molecular complexity index is 892. The van der Waals surface area contributed by atoms with Crippen molar-refractivity contribution in [2.45, 2.75) is 19.3 Å². The van der Waals surface area contributed by atoms with Gasteiger partial charge in [0.15, 0.2) is 0 Å². The second kappa shape index (κ2) is 7.07. The maximum atomic E-state index is 8.98. The molecule has 5 heteroatoms. The second-order valence-corrected chi connectivity index (χ2v) is 5.41. The number of hydrogen-bond donors (Lipinski definition) is 1. The maximum absolute atomic E-state index is 8.98. The Hall–Kier alpha value is -2.97. The molecule has 0 bridgehead atoms. The second-order valence-electron chi connectivity index (χ2n) is 5.41. The third kappa shape index (κ3) is 2.92. The van der Waals surface area contributed by atoms with Crippen molar-refractivity contribution < 1.29 is 4.52 Å². The summed E-state index contributed by atoms with van der Waals surface area (Å²) in [6, 6.07) is 15.6. The number of fused-ring (bicyclic) bond motifs is 1. The average molecular weight is 318 g/mol. The predicted octanol–water partition coefficient (Wildman–Crippen LogP) is 3.34. The van der Waals surface area contributed by atoms with Crippen LogP contribution in [0.2, 0.25) is 0 Å². The Kier molecular flexibility index (Phi) is 4.69. The molecule has 5 nitrogen and oxygen atoms in total. The molecule has 0 spiro atoms. The summed E-state index contributed by atoms with van der Waals surface area (Å²) in [4.78, 5) is 4.52. The van der Waals surface area contributed by atoms with E-state index in [2.05, 4.69) is 28.0 Å². The lowest BCUT2D eigenvalue weighted by Gasteiger charge is -2.03. The van der Waals surface area contributed by atoms with Gasteiger partial charge in [-0.05, 0) is 55.6 Å². The van der Waals surface area contributed by atoms with Gasteiger partial charge in [0.05, 0.1) is 11.6 Å². The molecular formula is C19H18N4O. The van der Waals surface area contributed by atoms with Gasteiger partial charge in [0.1, 0.15) is 0 Å². The van der Waals surface area contributed by atoms with E-state index in [0.29, 0.717) is 17.3 Å². The molecule has 0 radical (unpaired) electrons. The van der Waals surface area contributed by atoms with Crippen LogP contribution in [0.25, 0.3) is 22.8 Å². The first-order valence-corrected chi connectivity index (χ1v) is 7.88. The van der Waals surface area contributed by atoms with Crippen molar-refractivity contribution in [1.29, 1.82) is 5.26 Å². The van der Waals surface area contributed by atoms with Gasteiger partial charge in [-0.15, -0.1) is 0 Å². The minimum Gasteiger partial charge on any atom is -0.334 e. The first-order chi connectivity index (χ1) is 11.8. The first-order valence-electron chi connectivity index (χ1n) is 7.88. The molecule has 1 aliphatic carbocycles. The number of aryl methyl sites for hydroxylation is 1. The van der Waals surface area contributed by atoms with Crippen LogP contribution in [0, 0.1) is 11.3 Å². The van der Waals surface area contributed by atoms with Gasteiger partial charge in [0, 0.05) is 11.1 Å². The highest BCUT2D eigenvalue weighted by Gasteiger charge is 2.19. The predicted molar refractivity (Wildman–Crippen MR) is 92.0 cm³/mol. The lowest BCUT2D eigenvalue weighted by molar-refractivity contribution is 0.432. The van der Waals surface area contributed by atoms with Crippen LogP contribution < -0.4 is 5.73 Å². The van der Waals surface area contributed by atoms with E-state index in [1.54, 1.807) is 12.1 Å². The summed E-state index contributed by atoms with van der Waals surface area (Å²) in [7, 11) is 1.50. The average Bonchev–Trinajstić information content (AvgIpc) is 3.32. The number of hydrogen-bond acceptors (Lipinski definition) is 5. The van der Waals surface area contributed by atoms with Crippen LogP contribution in [-0.2, 0) is 12.8 Å². The Balaban J connectivity index is 0.000000815. The highest BCUT2D eigenvalue weighted by molar-refractivity contribution is 5.65. The van der Waals surface area contributed by atoms with Crippen LogP contribution in [-0.4, -0.2) is 17.2 Å². The molecule has 2 N–H and O–H groups in total. The first kappa shape index (κ1) is 15.9. The standard InChI is InChI=1S/C18H13N3O.CH5N/c19-11-12-4-1-7-14(10-12)18-20-17(21-22-18)16-9-3-6-13-5-2-8-15(13)16;1-2/h1,3-4,6-7,9-10H,2,5,8H2;2H2,1H3. The summed E-state index contributed by atoms with van der Waals surface area (Å²) < 4.78 is 5.39. The fourth-order valence-corrected chi connectivity index (χ4v) is 3.00. The zero-order valence-electron chi connectivity index (χ0n) is 13.5. The maximum Gasteiger partial charge on any atom is 0.258 e. The van der Waals surface area contributed by atoms with Gasteiger partial charge in [-0.2, -0.15) is 10.2 Å². The van der Waals surface area contributed by atoms with E-state index in [9.17, 15) is 0 Å². The van der Waals surface area contributed by atoms with Gasteiger partial charge in [-0.3, -0.25) is 0 Å². The van der Waals surface area contributed by atoms with Crippen LogP contribution in [0.4, 0.5) is 0 Å². The lowest BCUT2D eigenvalue weighted by Crippen LogP contribution is -1.90. The molecule has 3 aromatic rings. The zero-order chi connectivity index (χ0) is 16.9. The minimum atomic E-state index is 0.447. The number of nitrogens with two attached hydrogens (primary N) is 1. The van der Waals surface area contributed by atoms with Gasteiger partial charge in [-0.1, -0.05) is 29.4 Å². The summed E-state index contributed by atoms with van der Waals surface area (Å²) in [6.45, 7) is 0. The largest absolute Gasteiger partial charge is 0.334 e. The van der Waals surface area contributed by atoms with Crippen LogP contribution >= 0.6 is 0 Å². The molecule has 4 rings (SSSR count). The Labute approximate surface area is 140 Å². The molecular weight excluding hydrogens is 300 g/mol. The quantitative estimate of drug-likeness (QED) is 0.782. The van der Waals surface area contributed by atoms with E-state index >= 15 is 0 Å². The highest BCUT2D eigenvalue weighted by atomic mass is 16.5. The van der Waals surface area contributed by atoms with E-state index in [1.165, 1.54) is 24.6 Å². The van der Waals surface area contributed by atoms with Crippen LogP contribution in [0.5, 0.6) is 0 Å². The molecule has 1 aliphatic rings. The van der Waals surface area contributed by atoms with Crippen LogP contribution in [0.1, 0.15) is 23.1 Å². The number of aromatic nitrogens is 2. The normalized spacial score (nSPS) is 12.0. The molecule has 0 saturated carbocycles. The van der Waals surface area contributed by atoms with Crippen molar-refractivity contribution in [2.75, 3.05) is 7.05 Å².